The molecule has 1 aromatic carbocycles. The fraction of sp³-hybridized carbons (Fsp3) is 0.333. The Hall–Kier alpha value is -1.91. The van der Waals surface area contributed by atoms with Gasteiger partial charge in [0.15, 0.2) is 0 Å². The van der Waals surface area contributed by atoms with Crippen molar-refractivity contribution in [1.29, 1.82) is 10.5 Å². The lowest BCUT2D eigenvalue weighted by Gasteiger charge is -2.15. The summed E-state index contributed by atoms with van der Waals surface area (Å²) in [5, 5.41) is 17.3. The van der Waals surface area contributed by atoms with Gasteiger partial charge in [0.1, 0.15) is 5.82 Å². The van der Waals surface area contributed by atoms with Gasteiger partial charge in [-0.05, 0) is 30.8 Å². The van der Waals surface area contributed by atoms with E-state index in [4.69, 9.17) is 10.5 Å². The van der Waals surface area contributed by atoms with Gasteiger partial charge in [-0.2, -0.15) is 10.5 Å². The number of hydrogen-bond acceptors (Lipinski definition) is 3. The van der Waals surface area contributed by atoms with E-state index in [0.29, 0.717) is 30.6 Å². The average molecular weight is 217 g/mol. The molecule has 0 amide bonds. The molecule has 82 valence electrons. The molecule has 0 saturated heterocycles. The fourth-order valence-electron chi connectivity index (χ4n) is 1.41. The minimum Gasteiger partial charge on any atom is -0.301 e. The first-order chi connectivity index (χ1) is 7.67. The van der Waals surface area contributed by atoms with Crippen LogP contribution >= 0.6 is 0 Å². The second kappa shape index (κ2) is 5.85. The van der Waals surface area contributed by atoms with Gasteiger partial charge in [-0.3, -0.25) is 0 Å². The van der Waals surface area contributed by atoms with Crippen LogP contribution in [0.25, 0.3) is 0 Å². The molecule has 16 heavy (non-hydrogen) atoms. The van der Waals surface area contributed by atoms with Gasteiger partial charge in [0, 0.05) is 19.5 Å². The number of nitriles is 2. The molecule has 0 aliphatic heterocycles. The Bertz CT molecular complexity index is 443. The van der Waals surface area contributed by atoms with Gasteiger partial charge in [-0.1, -0.05) is 0 Å². The van der Waals surface area contributed by atoms with Gasteiger partial charge in [-0.15, -0.1) is 0 Å². The molecule has 0 aromatic heterocycles. The zero-order valence-electron chi connectivity index (χ0n) is 9.07. The predicted molar refractivity (Wildman–Crippen MR) is 57.7 cm³/mol. The van der Waals surface area contributed by atoms with Crippen LogP contribution in [0.4, 0.5) is 4.39 Å². The monoisotopic (exact) mass is 217 g/mol. The molecule has 1 aromatic rings. The fourth-order valence-corrected chi connectivity index (χ4v) is 1.41. The van der Waals surface area contributed by atoms with E-state index >= 15 is 0 Å². The Morgan fingerprint density at radius 2 is 2.12 bits per heavy atom. The lowest BCUT2D eigenvalue weighted by Crippen LogP contribution is -2.19. The largest absolute Gasteiger partial charge is 0.301 e. The molecule has 0 bridgehead atoms. The molecule has 0 fully saturated rings. The molecule has 0 heterocycles. The lowest BCUT2D eigenvalue weighted by atomic mass is 10.1. The Balaban J connectivity index is 2.76. The predicted octanol–water partition coefficient (Wildman–Crippen LogP) is 2.04. The summed E-state index contributed by atoms with van der Waals surface area (Å²) in [5.41, 5.74) is 1.13. The maximum Gasteiger partial charge on any atom is 0.123 e. The van der Waals surface area contributed by atoms with E-state index in [1.54, 1.807) is 0 Å². The molecule has 0 aliphatic carbocycles. The molecule has 0 atom stereocenters. The van der Waals surface area contributed by atoms with Crippen LogP contribution in [0.15, 0.2) is 18.2 Å². The van der Waals surface area contributed by atoms with E-state index in [0.717, 1.165) is 0 Å². The number of benzene rings is 1. The zero-order chi connectivity index (χ0) is 12.0. The van der Waals surface area contributed by atoms with E-state index in [-0.39, 0.29) is 5.82 Å². The van der Waals surface area contributed by atoms with Crippen LogP contribution in [-0.2, 0) is 6.54 Å². The van der Waals surface area contributed by atoms with Gasteiger partial charge in [0.25, 0.3) is 0 Å². The molecular weight excluding hydrogens is 205 g/mol. The smallest absolute Gasteiger partial charge is 0.123 e. The SMILES string of the molecule is CN(CCC#N)Cc1cc(F)ccc1C#N. The van der Waals surface area contributed by atoms with E-state index in [1.165, 1.54) is 18.2 Å². The summed E-state index contributed by atoms with van der Waals surface area (Å²) in [6, 6.07) is 8.18. The first-order valence-electron chi connectivity index (χ1n) is 4.91. The third-order valence-corrected chi connectivity index (χ3v) is 2.23. The van der Waals surface area contributed by atoms with Crippen molar-refractivity contribution in [3.8, 4) is 12.1 Å². The highest BCUT2D eigenvalue weighted by molar-refractivity contribution is 5.37. The van der Waals surface area contributed by atoms with Crippen LogP contribution in [0, 0.1) is 28.5 Å². The molecule has 0 aliphatic rings. The third-order valence-electron chi connectivity index (χ3n) is 2.23. The zero-order valence-corrected chi connectivity index (χ0v) is 9.07. The molecule has 0 saturated carbocycles. The van der Waals surface area contributed by atoms with E-state index in [9.17, 15) is 4.39 Å². The van der Waals surface area contributed by atoms with Crippen LogP contribution in [0.3, 0.4) is 0 Å². The average Bonchev–Trinajstić information content (AvgIpc) is 2.27. The van der Waals surface area contributed by atoms with Gasteiger partial charge in [0.2, 0.25) is 0 Å². The summed E-state index contributed by atoms with van der Waals surface area (Å²) in [6.45, 7) is 1.08. The first-order valence-corrected chi connectivity index (χ1v) is 4.91. The Labute approximate surface area is 94.3 Å². The Morgan fingerprint density at radius 3 is 2.75 bits per heavy atom. The molecule has 3 nitrogen and oxygen atoms in total. The summed E-state index contributed by atoms with van der Waals surface area (Å²) < 4.78 is 13.0. The number of hydrogen-bond donors (Lipinski definition) is 0. The molecular formula is C12H12FN3. The van der Waals surface area contributed by atoms with Crippen LogP contribution in [0.1, 0.15) is 17.5 Å². The van der Waals surface area contributed by atoms with Crippen molar-refractivity contribution in [2.24, 2.45) is 0 Å². The second-order valence-corrected chi connectivity index (χ2v) is 3.56. The summed E-state index contributed by atoms with van der Waals surface area (Å²) in [4.78, 5) is 1.89. The summed E-state index contributed by atoms with van der Waals surface area (Å²) in [6.07, 6.45) is 0.424. The van der Waals surface area contributed by atoms with Crippen LogP contribution in [0.2, 0.25) is 0 Å². The summed E-state index contributed by atoms with van der Waals surface area (Å²) in [5.74, 6) is -0.345. The van der Waals surface area contributed by atoms with E-state index < -0.39 is 0 Å². The van der Waals surface area contributed by atoms with Crippen molar-refractivity contribution >= 4 is 0 Å². The van der Waals surface area contributed by atoms with Crippen LogP contribution in [-0.4, -0.2) is 18.5 Å². The minimum atomic E-state index is -0.345. The van der Waals surface area contributed by atoms with Crippen molar-refractivity contribution in [1.82, 2.24) is 4.90 Å². The third kappa shape index (κ3) is 3.34. The molecule has 4 heteroatoms. The van der Waals surface area contributed by atoms with Gasteiger partial charge < -0.3 is 4.90 Å². The van der Waals surface area contributed by atoms with Gasteiger partial charge >= 0.3 is 0 Å². The number of halogens is 1. The maximum absolute atomic E-state index is 13.0. The standard InChI is InChI=1S/C12H12FN3/c1-16(6-2-5-14)9-11-7-12(13)4-3-10(11)8-15/h3-4,7H,2,6,9H2,1H3. The van der Waals surface area contributed by atoms with Crippen molar-refractivity contribution < 1.29 is 4.39 Å². The molecule has 0 unspecified atom stereocenters. The van der Waals surface area contributed by atoms with E-state index in [1.807, 2.05) is 24.1 Å². The highest BCUT2D eigenvalue weighted by atomic mass is 19.1. The number of nitrogens with zero attached hydrogens (tertiary/aromatic N) is 3. The maximum atomic E-state index is 13.0. The van der Waals surface area contributed by atoms with Crippen molar-refractivity contribution in [2.75, 3.05) is 13.6 Å². The molecule has 0 N–H and O–H groups in total. The van der Waals surface area contributed by atoms with E-state index in [2.05, 4.69) is 0 Å². The van der Waals surface area contributed by atoms with Crippen molar-refractivity contribution in [3.63, 3.8) is 0 Å². The highest BCUT2D eigenvalue weighted by Crippen LogP contribution is 2.12. The van der Waals surface area contributed by atoms with Crippen LogP contribution in [0.5, 0.6) is 0 Å². The topological polar surface area (TPSA) is 50.8 Å². The molecule has 1 rings (SSSR count). The molecule has 0 radical (unpaired) electrons. The number of rotatable bonds is 4. The van der Waals surface area contributed by atoms with Gasteiger partial charge in [0.05, 0.1) is 17.7 Å². The Morgan fingerprint density at radius 1 is 1.38 bits per heavy atom. The van der Waals surface area contributed by atoms with Gasteiger partial charge in [-0.25, -0.2) is 4.39 Å². The minimum absolute atomic E-state index is 0.345. The second-order valence-electron chi connectivity index (χ2n) is 3.56. The van der Waals surface area contributed by atoms with Crippen molar-refractivity contribution in [3.05, 3.63) is 35.1 Å². The van der Waals surface area contributed by atoms with Crippen molar-refractivity contribution in [2.45, 2.75) is 13.0 Å². The van der Waals surface area contributed by atoms with Crippen LogP contribution < -0.4 is 0 Å². The molecule has 0 spiro atoms. The Kier molecular flexibility index (Phi) is 4.44. The first kappa shape index (κ1) is 12.2. The normalized spacial score (nSPS) is 9.81. The summed E-state index contributed by atoms with van der Waals surface area (Å²) >= 11 is 0. The lowest BCUT2D eigenvalue weighted by molar-refractivity contribution is 0.334. The summed E-state index contributed by atoms with van der Waals surface area (Å²) in [7, 11) is 1.84. The highest BCUT2D eigenvalue weighted by Gasteiger charge is 2.06. The quantitative estimate of drug-likeness (QED) is 0.775.